The van der Waals surface area contributed by atoms with E-state index in [-0.39, 0.29) is 0 Å². The van der Waals surface area contributed by atoms with Crippen molar-refractivity contribution in [2.45, 2.75) is 0 Å². The third kappa shape index (κ3) is 7.34. The van der Waals surface area contributed by atoms with Crippen LogP contribution >= 0.6 is 0 Å². The molecule has 2 aromatic heterocycles. The Morgan fingerprint density at radius 1 is 0.171 bits per heavy atom. The Kier molecular flexibility index (Phi) is 10.2. The highest BCUT2D eigenvalue weighted by molar-refractivity contribution is 6.40. The van der Waals surface area contributed by atoms with Gasteiger partial charge in [-0.3, -0.25) is 0 Å². The zero-order valence-electron chi connectivity index (χ0n) is 41.4. The summed E-state index contributed by atoms with van der Waals surface area (Å²) in [6.45, 7) is 0. The Balaban J connectivity index is 1.06. The Morgan fingerprint density at radius 3 is 0.737 bits per heavy atom. The fourth-order valence-electron chi connectivity index (χ4n) is 11.8. The summed E-state index contributed by atoms with van der Waals surface area (Å²) >= 11 is 0. The van der Waals surface area contributed by atoms with Crippen LogP contribution in [-0.2, 0) is 0 Å². The maximum absolute atomic E-state index is 7.36. The first-order valence-corrected chi connectivity index (χ1v) is 26.0. The van der Waals surface area contributed by atoms with Crippen molar-refractivity contribution in [3.63, 3.8) is 0 Å². The van der Waals surface area contributed by atoms with Gasteiger partial charge in [-0.25, -0.2) is 0 Å². The minimum absolute atomic E-state index is 0.835. The number of hydrogen-bond acceptors (Lipinski definition) is 2. The van der Waals surface area contributed by atoms with Gasteiger partial charge in [-0.05, 0) is 161 Å². The van der Waals surface area contributed by atoms with Crippen LogP contribution < -0.4 is 0 Å². The van der Waals surface area contributed by atoms with Gasteiger partial charge in [0.1, 0.15) is 22.3 Å². The molecule has 0 saturated carbocycles. The van der Waals surface area contributed by atoms with Gasteiger partial charge in [-0.15, -0.1) is 0 Å². The first-order valence-electron chi connectivity index (χ1n) is 26.0. The van der Waals surface area contributed by atoms with Crippen molar-refractivity contribution >= 4 is 65.4 Å². The van der Waals surface area contributed by atoms with Crippen LogP contribution in [0.1, 0.15) is 0 Å². The van der Waals surface area contributed by atoms with Crippen LogP contribution in [0.2, 0.25) is 0 Å². The molecular formula is C74H46O2. The van der Waals surface area contributed by atoms with Crippen LogP contribution in [0.15, 0.2) is 288 Å². The van der Waals surface area contributed by atoms with E-state index in [4.69, 9.17) is 8.83 Å². The van der Waals surface area contributed by atoms with Gasteiger partial charge < -0.3 is 8.83 Å². The molecule has 15 aromatic rings. The second-order valence-electron chi connectivity index (χ2n) is 19.9. The van der Waals surface area contributed by atoms with Crippen LogP contribution in [0.25, 0.3) is 154 Å². The maximum Gasteiger partial charge on any atom is 0.143 e. The highest BCUT2D eigenvalue weighted by Gasteiger charge is 2.25. The fraction of sp³-hybridized carbons (Fsp3) is 0. The van der Waals surface area contributed by atoms with E-state index in [0.717, 1.165) is 132 Å². The molecule has 2 heterocycles. The monoisotopic (exact) mass is 966 g/mol. The predicted octanol–water partition coefficient (Wildman–Crippen LogP) is 21.1. The Hall–Kier alpha value is -10.0. The molecule has 0 amide bonds. The van der Waals surface area contributed by atoms with Crippen LogP contribution in [0, 0.1) is 0 Å². The van der Waals surface area contributed by atoms with E-state index >= 15 is 0 Å². The zero-order chi connectivity index (χ0) is 50.1. The molecule has 0 saturated heterocycles. The van der Waals surface area contributed by atoms with Crippen molar-refractivity contribution < 1.29 is 8.83 Å². The van der Waals surface area contributed by atoms with Crippen molar-refractivity contribution in [1.29, 1.82) is 0 Å². The van der Waals surface area contributed by atoms with Gasteiger partial charge >= 0.3 is 0 Å². The lowest BCUT2D eigenvalue weighted by atomic mass is 9.86. The van der Waals surface area contributed by atoms with Gasteiger partial charge in [0, 0.05) is 43.4 Å². The van der Waals surface area contributed by atoms with E-state index in [1.807, 2.05) is 0 Å². The smallest absolute Gasteiger partial charge is 0.143 e. The Morgan fingerprint density at radius 2 is 0.434 bits per heavy atom. The molecule has 2 nitrogen and oxygen atoms in total. The summed E-state index contributed by atoms with van der Waals surface area (Å²) in [6, 6.07) is 101. The minimum atomic E-state index is 0.835. The van der Waals surface area contributed by atoms with Crippen LogP contribution in [0.5, 0.6) is 0 Å². The summed E-state index contributed by atoms with van der Waals surface area (Å²) in [5, 5.41) is 8.79. The van der Waals surface area contributed by atoms with Crippen molar-refractivity contribution in [2.24, 2.45) is 0 Å². The third-order valence-corrected chi connectivity index (χ3v) is 15.4. The van der Waals surface area contributed by atoms with E-state index < -0.39 is 0 Å². The highest BCUT2D eigenvalue weighted by Crippen LogP contribution is 2.50. The lowest BCUT2D eigenvalue weighted by molar-refractivity contribution is 0.662. The lowest BCUT2D eigenvalue weighted by Crippen LogP contribution is -1.94. The average molecular weight is 967 g/mol. The molecule has 354 valence electrons. The summed E-state index contributed by atoms with van der Waals surface area (Å²) in [5.41, 5.74) is 21.4. The number of rotatable bonds is 8. The first kappa shape index (κ1) is 43.6. The van der Waals surface area contributed by atoms with Crippen molar-refractivity contribution in [2.75, 3.05) is 0 Å². The summed E-state index contributed by atoms with van der Waals surface area (Å²) < 4.78 is 14.7. The minimum Gasteiger partial charge on any atom is -0.455 e. The average Bonchev–Trinajstić information content (AvgIpc) is 3.56. The van der Waals surface area contributed by atoms with Gasteiger partial charge in [0.25, 0.3) is 0 Å². The van der Waals surface area contributed by atoms with Crippen molar-refractivity contribution in [1.82, 2.24) is 0 Å². The molecule has 0 atom stereocenters. The molecule has 15 rings (SSSR count). The Bertz CT molecular complexity index is 4270. The molecule has 0 radical (unpaired) electrons. The maximum atomic E-state index is 7.36. The molecule has 0 N–H and O–H groups in total. The Labute approximate surface area is 440 Å². The molecule has 0 bridgehead atoms. The molecule has 13 aromatic carbocycles. The summed E-state index contributed by atoms with van der Waals surface area (Å²) in [4.78, 5) is 0. The molecule has 0 aliphatic carbocycles. The second-order valence-corrected chi connectivity index (χ2v) is 19.9. The normalized spacial score (nSPS) is 11.7. The molecule has 76 heavy (non-hydrogen) atoms. The third-order valence-electron chi connectivity index (χ3n) is 15.4. The summed E-state index contributed by atoms with van der Waals surface area (Å²) in [5.74, 6) is 0. The summed E-state index contributed by atoms with van der Waals surface area (Å²) in [6.07, 6.45) is 0. The molecule has 0 unspecified atom stereocenters. The quantitative estimate of drug-likeness (QED) is 0.112. The van der Waals surface area contributed by atoms with E-state index in [1.54, 1.807) is 0 Å². The number of fused-ring (bicyclic) bond motifs is 6. The molecular weight excluding hydrogens is 921 g/mol. The van der Waals surface area contributed by atoms with Gasteiger partial charge in [-0.2, -0.15) is 0 Å². The number of hydrogen-bond donors (Lipinski definition) is 0. The predicted molar refractivity (Wildman–Crippen MR) is 319 cm³/mol. The molecule has 2 heteroatoms. The van der Waals surface area contributed by atoms with Crippen molar-refractivity contribution in [3.8, 4) is 89.0 Å². The largest absolute Gasteiger partial charge is 0.455 e. The van der Waals surface area contributed by atoms with E-state index in [1.165, 1.54) is 22.3 Å². The molecule has 0 fully saturated rings. The van der Waals surface area contributed by atoms with Gasteiger partial charge in [0.2, 0.25) is 0 Å². The number of benzene rings is 13. The van der Waals surface area contributed by atoms with Gasteiger partial charge in [0.15, 0.2) is 0 Å². The van der Waals surface area contributed by atoms with Gasteiger partial charge in [-0.1, -0.05) is 206 Å². The molecule has 0 aliphatic rings. The topological polar surface area (TPSA) is 26.3 Å². The molecule has 0 aliphatic heterocycles. The first-order chi connectivity index (χ1) is 37.7. The SMILES string of the molecule is c1ccc(-c2cc(-c3ccccc3)cc(-c3cc(-c4ccccc4)c4oc5cccc6c5c(c4c3)c3cccc4oc5c(-c7ccccc7)cc(-c7cc(-c8ccccc8)cc(-c8ccccc8)c7)cc5c6c43)c2)cc1. The zero-order valence-corrected chi connectivity index (χ0v) is 41.4. The summed E-state index contributed by atoms with van der Waals surface area (Å²) in [7, 11) is 0. The molecule has 0 spiro atoms. The van der Waals surface area contributed by atoms with Crippen LogP contribution in [0.4, 0.5) is 0 Å². The van der Waals surface area contributed by atoms with E-state index in [2.05, 4.69) is 279 Å². The van der Waals surface area contributed by atoms with Crippen molar-refractivity contribution in [3.05, 3.63) is 279 Å². The van der Waals surface area contributed by atoms with Crippen LogP contribution in [0.3, 0.4) is 0 Å². The fourth-order valence-corrected chi connectivity index (χ4v) is 11.8. The van der Waals surface area contributed by atoms with Crippen LogP contribution in [-0.4, -0.2) is 0 Å². The lowest BCUT2D eigenvalue weighted by Gasteiger charge is -2.20. The standard InChI is InChI=1S/C74H46O2/c1-7-21-47(22-8-1)53-37-54(48-23-9-2-10-24-48)40-57(39-53)59-43-63(51-29-15-5-16-30-51)73-65(45-59)69-61-33-19-36-68-72(61)70(62-34-20-35-67(75-73)71(62)69)66-46-60(44-64(74(66)76-68)52-31-17-6-18-32-52)58-41-55(49-25-11-3-12-26-49)38-56(42-58)50-27-13-4-14-28-50/h1-46H. The highest BCUT2D eigenvalue weighted by atomic mass is 16.3. The van der Waals surface area contributed by atoms with E-state index in [9.17, 15) is 0 Å². The van der Waals surface area contributed by atoms with Gasteiger partial charge in [0.05, 0.1) is 0 Å². The second kappa shape index (κ2) is 17.9. The van der Waals surface area contributed by atoms with E-state index in [0.29, 0.717) is 0 Å².